The van der Waals surface area contributed by atoms with Gasteiger partial charge in [0.05, 0.1) is 37.6 Å². The summed E-state index contributed by atoms with van der Waals surface area (Å²) in [5.74, 6) is -0.834. The fourth-order valence-electron chi connectivity index (χ4n) is 2.35. The average Bonchev–Trinajstić information content (AvgIpc) is 3.00. The lowest BCUT2D eigenvalue weighted by atomic mass is 10.0. The fourth-order valence-corrected chi connectivity index (χ4v) is 2.35. The van der Waals surface area contributed by atoms with E-state index < -0.39 is 12.0 Å². The number of hydrogen-bond acceptors (Lipinski definition) is 6. The topological polar surface area (TPSA) is 101 Å². The summed E-state index contributed by atoms with van der Waals surface area (Å²) in [4.78, 5) is 40.9. The van der Waals surface area contributed by atoms with E-state index in [9.17, 15) is 9.59 Å². The summed E-state index contributed by atoms with van der Waals surface area (Å²) in [5, 5.41) is 0. The van der Waals surface area contributed by atoms with Crippen molar-refractivity contribution >= 4 is 11.9 Å². The van der Waals surface area contributed by atoms with Crippen LogP contribution in [0.2, 0.25) is 0 Å². The van der Waals surface area contributed by atoms with Gasteiger partial charge in [0.15, 0.2) is 0 Å². The Morgan fingerprint density at radius 3 is 2.95 bits per heavy atom. The predicted molar refractivity (Wildman–Crippen MR) is 70.0 cm³/mol. The van der Waals surface area contributed by atoms with Crippen molar-refractivity contribution in [3.8, 4) is 0 Å². The molecule has 0 aliphatic carbocycles. The molecule has 3 rings (SSSR count). The van der Waals surface area contributed by atoms with Crippen molar-refractivity contribution in [2.45, 2.75) is 19.0 Å². The van der Waals surface area contributed by atoms with Gasteiger partial charge in [-0.15, -0.1) is 0 Å². The molecule has 1 aliphatic heterocycles. The Kier molecular flexibility index (Phi) is 3.35. The molecule has 0 saturated carbocycles. The maximum atomic E-state index is 12.5. The molecule has 0 bridgehead atoms. The summed E-state index contributed by atoms with van der Waals surface area (Å²) in [6, 6.07) is -0.708. The first-order chi connectivity index (χ1) is 10.2. The Labute approximate surface area is 120 Å². The Morgan fingerprint density at radius 2 is 2.24 bits per heavy atom. The van der Waals surface area contributed by atoms with Gasteiger partial charge in [-0.3, -0.25) is 9.78 Å². The van der Waals surface area contributed by atoms with E-state index in [1.54, 1.807) is 6.33 Å². The van der Waals surface area contributed by atoms with Gasteiger partial charge in [0.1, 0.15) is 11.7 Å². The number of amides is 1. The molecule has 0 saturated heterocycles. The monoisotopic (exact) mass is 287 g/mol. The number of nitrogens with zero attached hydrogens (tertiary/aromatic N) is 4. The third-order valence-corrected chi connectivity index (χ3v) is 3.42. The molecule has 8 nitrogen and oxygen atoms in total. The molecule has 21 heavy (non-hydrogen) atoms. The highest BCUT2D eigenvalue weighted by Crippen LogP contribution is 2.22. The maximum Gasteiger partial charge on any atom is 0.329 e. The molecule has 8 heteroatoms. The van der Waals surface area contributed by atoms with Crippen molar-refractivity contribution in [1.82, 2.24) is 24.8 Å². The molecule has 1 atom stereocenters. The summed E-state index contributed by atoms with van der Waals surface area (Å²) in [6.07, 6.45) is 6.16. The summed E-state index contributed by atoms with van der Waals surface area (Å²) < 4.78 is 4.79. The van der Waals surface area contributed by atoms with Gasteiger partial charge in [0.2, 0.25) is 0 Å². The maximum absolute atomic E-state index is 12.5. The van der Waals surface area contributed by atoms with Crippen LogP contribution in [0.25, 0.3) is 0 Å². The van der Waals surface area contributed by atoms with Gasteiger partial charge in [-0.05, 0) is 0 Å². The number of ether oxygens (including phenoxy) is 1. The third kappa shape index (κ3) is 2.35. The molecule has 2 aromatic heterocycles. The number of carbonyl (C=O) groups is 2. The van der Waals surface area contributed by atoms with Crippen LogP contribution >= 0.6 is 0 Å². The van der Waals surface area contributed by atoms with E-state index in [1.807, 2.05) is 0 Å². The molecule has 1 aliphatic rings. The lowest BCUT2D eigenvalue weighted by molar-refractivity contribution is -0.146. The number of aromatic nitrogens is 4. The molecule has 1 N–H and O–H groups in total. The van der Waals surface area contributed by atoms with E-state index in [2.05, 4.69) is 19.9 Å². The minimum atomic E-state index is -0.708. The number of hydrogen-bond donors (Lipinski definition) is 1. The number of carbonyl (C=O) groups excluding carboxylic acids is 2. The van der Waals surface area contributed by atoms with E-state index >= 15 is 0 Å². The van der Waals surface area contributed by atoms with E-state index in [4.69, 9.17) is 4.74 Å². The van der Waals surface area contributed by atoms with Crippen molar-refractivity contribution in [2.75, 3.05) is 7.11 Å². The summed E-state index contributed by atoms with van der Waals surface area (Å²) in [6.45, 7) is 0.254. The molecule has 2 aromatic rings. The first-order valence-electron chi connectivity index (χ1n) is 6.36. The second kappa shape index (κ2) is 5.31. The average molecular weight is 287 g/mol. The van der Waals surface area contributed by atoms with Gasteiger partial charge in [-0.25, -0.2) is 14.8 Å². The first-order valence-corrected chi connectivity index (χ1v) is 6.36. The highest BCUT2D eigenvalue weighted by Gasteiger charge is 2.37. The lowest BCUT2D eigenvalue weighted by Gasteiger charge is -2.32. The molecule has 0 fully saturated rings. The zero-order valence-electron chi connectivity index (χ0n) is 11.3. The highest BCUT2D eigenvalue weighted by molar-refractivity contribution is 5.95. The van der Waals surface area contributed by atoms with Crippen LogP contribution in [0.5, 0.6) is 0 Å². The number of H-pyrrole nitrogens is 1. The summed E-state index contributed by atoms with van der Waals surface area (Å²) in [5.41, 5.74) is 1.77. The van der Waals surface area contributed by atoms with Crippen molar-refractivity contribution < 1.29 is 14.3 Å². The molecule has 0 radical (unpaired) electrons. The van der Waals surface area contributed by atoms with Crippen LogP contribution in [-0.2, 0) is 22.5 Å². The molecular formula is C13H13N5O3. The molecule has 3 heterocycles. The van der Waals surface area contributed by atoms with Crippen LogP contribution in [0, 0.1) is 0 Å². The molecule has 108 valence electrons. The van der Waals surface area contributed by atoms with Gasteiger partial charge >= 0.3 is 5.97 Å². The van der Waals surface area contributed by atoms with Crippen LogP contribution in [0.1, 0.15) is 21.9 Å². The summed E-state index contributed by atoms with van der Waals surface area (Å²) in [7, 11) is 1.30. The Bertz CT molecular complexity index is 669. The van der Waals surface area contributed by atoms with Crippen molar-refractivity contribution in [2.24, 2.45) is 0 Å². The van der Waals surface area contributed by atoms with Crippen molar-refractivity contribution in [3.63, 3.8) is 0 Å². The van der Waals surface area contributed by atoms with Crippen LogP contribution in [0.15, 0.2) is 24.9 Å². The zero-order valence-corrected chi connectivity index (χ0v) is 11.3. The van der Waals surface area contributed by atoms with Crippen LogP contribution in [0.3, 0.4) is 0 Å². The Balaban J connectivity index is 1.94. The minimum Gasteiger partial charge on any atom is -0.467 e. The van der Waals surface area contributed by atoms with Gasteiger partial charge in [-0.1, -0.05) is 0 Å². The quantitative estimate of drug-likeness (QED) is 0.776. The Morgan fingerprint density at radius 1 is 1.38 bits per heavy atom. The molecule has 1 unspecified atom stereocenters. The third-order valence-electron chi connectivity index (χ3n) is 3.42. The van der Waals surface area contributed by atoms with E-state index in [-0.39, 0.29) is 18.1 Å². The van der Waals surface area contributed by atoms with E-state index in [0.717, 1.165) is 11.4 Å². The van der Waals surface area contributed by atoms with Gasteiger partial charge in [-0.2, -0.15) is 0 Å². The van der Waals surface area contributed by atoms with Gasteiger partial charge in [0.25, 0.3) is 5.91 Å². The zero-order chi connectivity index (χ0) is 14.8. The van der Waals surface area contributed by atoms with Crippen LogP contribution < -0.4 is 0 Å². The molecule has 1 amide bonds. The Hall–Kier alpha value is -2.77. The number of rotatable bonds is 2. The lowest BCUT2D eigenvalue weighted by Crippen LogP contribution is -2.49. The standard InChI is InChI=1S/C13H13N5O3/c1-21-13(20)11-4-8-10(17-7-16-8)6-18(11)12(19)9-5-14-2-3-15-9/h2-3,5,7,11H,4,6H2,1H3,(H,16,17). The largest absolute Gasteiger partial charge is 0.467 e. The van der Waals surface area contributed by atoms with Crippen LogP contribution in [0.4, 0.5) is 0 Å². The summed E-state index contributed by atoms with van der Waals surface area (Å²) >= 11 is 0. The number of esters is 1. The number of nitrogens with one attached hydrogen (secondary N) is 1. The molecule has 0 spiro atoms. The van der Waals surface area contributed by atoms with E-state index in [0.29, 0.717) is 6.42 Å². The van der Waals surface area contributed by atoms with Crippen molar-refractivity contribution in [1.29, 1.82) is 0 Å². The first kappa shape index (κ1) is 13.2. The van der Waals surface area contributed by atoms with E-state index in [1.165, 1.54) is 30.6 Å². The highest BCUT2D eigenvalue weighted by atomic mass is 16.5. The smallest absolute Gasteiger partial charge is 0.329 e. The van der Waals surface area contributed by atoms with Crippen molar-refractivity contribution in [3.05, 3.63) is 42.0 Å². The number of methoxy groups -OCH3 is 1. The molecular weight excluding hydrogens is 274 g/mol. The number of aromatic amines is 1. The van der Waals surface area contributed by atoms with Gasteiger partial charge < -0.3 is 14.6 Å². The van der Waals surface area contributed by atoms with Crippen LogP contribution in [-0.4, -0.2) is 49.9 Å². The second-order valence-corrected chi connectivity index (χ2v) is 4.59. The number of imidazole rings is 1. The normalized spacial score (nSPS) is 17.2. The molecule has 0 aromatic carbocycles. The predicted octanol–water partition coefficient (Wildman–Crippen LogP) is -0.0602. The number of fused-ring (bicyclic) bond motifs is 1. The minimum absolute atomic E-state index is 0.189. The second-order valence-electron chi connectivity index (χ2n) is 4.59. The fraction of sp³-hybridized carbons (Fsp3) is 0.308. The SMILES string of the molecule is COC(=O)C1Cc2nc[nH]c2CN1C(=O)c1cnccn1. The van der Waals surface area contributed by atoms with Gasteiger partial charge in [0, 0.05) is 18.8 Å².